The number of thioether (sulfide) groups is 1. The van der Waals surface area contributed by atoms with Crippen LogP contribution in [0.5, 0.6) is 0 Å². The van der Waals surface area contributed by atoms with Crippen LogP contribution in [0, 0.1) is 11.7 Å². The van der Waals surface area contributed by atoms with Gasteiger partial charge in [-0.15, -0.1) is 0 Å². The van der Waals surface area contributed by atoms with E-state index in [2.05, 4.69) is 5.32 Å². The van der Waals surface area contributed by atoms with Crippen LogP contribution < -0.4 is 5.32 Å². The van der Waals surface area contributed by atoms with Crippen molar-refractivity contribution >= 4 is 62.5 Å². The largest absolute Gasteiger partial charge is 0.355 e. The van der Waals surface area contributed by atoms with Crippen LogP contribution in [0.15, 0.2) is 36.4 Å². The second-order valence-corrected chi connectivity index (χ2v) is 12.0. The van der Waals surface area contributed by atoms with E-state index in [4.69, 9.17) is 34.8 Å². The van der Waals surface area contributed by atoms with Crippen LogP contribution in [0.2, 0.25) is 15.1 Å². The fraction of sp³-hybridized carbons (Fsp3) is 0.409. The molecule has 180 valence electrons. The molecule has 3 rings (SSSR count). The molecule has 1 amide bonds. The number of piperidine rings is 1. The third kappa shape index (κ3) is 7.47. The van der Waals surface area contributed by atoms with E-state index < -0.39 is 21.6 Å². The van der Waals surface area contributed by atoms with E-state index in [0.29, 0.717) is 29.4 Å². The van der Waals surface area contributed by atoms with E-state index in [-0.39, 0.29) is 35.5 Å². The molecule has 1 aliphatic rings. The Morgan fingerprint density at radius 1 is 1.09 bits per heavy atom. The minimum Gasteiger partial charge on any atom is -0.355 e. The zero-order chi connectivity index (χ0) is 24.0. The maximum atomic E-state index is 14.0. The van der Waals surface area contributed by atoms with Gasteiger partial charge in [0.2, 0.25) is 15.9 Å². The van der Waals surface area contributed by atoms with Crippen molar-refractivity contribution in [1.82, 2.24) is 9.62 Å². The summed E-state index contributed by atoms with van der Waals surface area (Å²) in [6, 6.07) is 9.60. The Morgan fingerprint density at radius 2 is 1.82 bits per heavy atom. The molecule has 5 nitrogen and oxygen atoms in total. The predicted octanol–water partition coefficient (Wildman–Crippen LogP) is 5.38. The first-order chi connectivity index (χ1) is 15.7. The molecule has 0 saturated carbocycles. The van der Waals surface area contributed by atoms with E-state index in [9.17, 15) is 17.6 Å². The zero-order valence-electron chi connectivity index (χ0n) is 17.7. The van der Waals surface area contributed by atoms with Crippen LogP contribution in [0.1, 0.15) is 24.0 Å². The number of halogens is 4. The summed E-state index contributed by atoms with van der Waals surface area (Å²) in [6.07, 6.45) is 0.846. The summed E-state index contributed by atoms with van der Waals surface area (Å²) in [5, 5.41) is 4.06. The fourth-order valence-corrected chi connectivity index (χ4v) is 6.59. The maximum absolute atomic E-state index is 14.0. The highest BCUT2D eigenvalue weighted by Crippen LogP contribution is 2.27. The Kier molecular flexibility index (Phi) is 9.73. The molecular formula is C22H24Cl3FN2O3S2. The molecule has 1 heterocycles. The lowest BCUT2D eigenvalue weighted by Gasteiger charge is -2.30. The summed E-state index contributed by atoms with van der Waals surface area (Å²) in [5.74, 6) is 0.0496. The van der Waals surface area contributed by atoms with Gasteiger partial charge in [0.15, 0.2) is 0 Å². The van der Waals surface area contributed by atoms with Crippen molar-refractivity contribution in [1.29, 1.82) is 0 Å². The standard InChI is InChI=1S/C22H24Cl3FN2O3S2/c23-18-2-1-3-21(26)17(18)14-33(30,31)28-9-6-16(7-10-28)22(29)27-8-11-32-13-15-4-5-19(24)20(25)12-15/h1-5,12,16H,6-11,13-14H2,(H,27,29). The van der Waals surface area contributed by atoms with Crippen LogP contribution in [0.25, 0.3) is 0 Å². The van der Waals surface area contributed by atoms with E-state index in [1.165, 1.54) is 22.5 Å². The number of nitrogens with zero attached hydrogens (tertiary/aromatic N) is 1. The minimum absolute atomic E-state index is 0.0302. The molecule has 33 heavy (non-hydrogen) atoms. The first-order valence-corrected chi connectivity index (χ1v) is 14.3. The van der Waals surface area contributed by atoms with E-state index >= 15 is 0 Å². The van der Waals surface area contributed by atoms with Gasteiger partial charge < -0.3 is 5.32 Å². The van der Waals surface area contributed by atoms with Crippen LogP contribution >= 0.6 is 46.6 Å². The predicted molar refractivity (Wildman–Crippen MR) is 134 cm³/mol. The van der Waals surface area contributed by atoms with Crippen molar-refractivity contribution in [2.75, 3.05) is 25.4 Å². The molecule has 0 aliphatic carbocycles. The topological polar surface area (TPSA) is 66.5 Å². The molecular weight excluding hydrogens is 530 g/mol. The lowest BCUT2D eigenvalue weighted by molar-refractivity contribution is -0.125. The minimum atomic E-state index is -3.73. The van der Waals surface area contributed by atoms with Crippen molar-refractivity contribution in [2.24, 2.45) is 5.92 Å². The monoisotopic (exact) mass is 552 g/mol. The summed E-state index contributed by atoms with van der Waals surface area (Å²) in [5.41, 5.74) is 1.03. The third-order valence-electron chi connectivity index (χ3n) is 5.40. The highest BCUT2D eigenvalue weighted by atomic mass is 35.5. The van der Waals surface area contributed by atoms with Crippen LogP contribution in [0.4, 0.5) is 4.39 Å². The first-order valence-electron chi connectivity index (χ1n) is 10.4. The van der Waals surface area contributed by atoms with Gasteiger partial charge in [-0.05, 0) is 42.7 Å². The van der Waals surface area contributed by atoms with Gasteiger partial charge in [0.05, 0.1) is 15.8 Å². The number of amides is 1. The summed E-state index contributed by atoms with van der Waals surface area (Å²) < 4.78 is 40.7. The lowest BCUT2D eigenvalue weighted by atomic mass is 9.97. The van der Waals surface area contributed by atoms with Gasteiger partial charge >= 0.3 is 0 Å². The number of nitrogens with one attached hydrogen (secondary N) is 1. The molecule has 1 fully saturated rings. The van der Waals surface area contributed by atoms with E-state index in [0.717, 1.165) is 17.1 Å². The summed E-state index contributed by atoms with van der Waals surface area (Å²) >= 11 is 19.6. The number of carbonyl (C=O) groups excluding carboxylic acids is 1. The second-order valence-electron chi connectivity index (χ2n) is 7.72. The SMILES string of the molecule is O=C(NCCSCc1ccc(Cl)c(Cl)c1)C1CCN(S(=O)(=O)Cc2c(F)cccc2Cl)CC1. The van der Waals surface area contributed by atoms with E-state index in [1.807, 2.05) is 12.1 Å². The summed E-state index contributed by atoms with van der Waals surface area (Å²) in [6.45, 7) is 0.965. The number of benzene rings is 2. The highest BCUT2D eigenvalue weighted by molar-refractivity contribution is 7.98. The molecule has 1 N–H and O–H groups in total. The fourth-order valence-electron chi connectivity index (χ4n) is 3.55. The number of rotatable bonds is 9. The Hall–Kier alpha value is -1.03. The molecule has 0 unspecified atom stereocenters. The van der Waals surface area contributed by atoms with Gasteiger partial charge in [-0.25, -0.2) is 17.1 Å². The van der Waals surface area contributed by atoms with Crippen LogP contribution in [0.3, 0.4) is 0 Å². The van der Waals surface area contributed by atoms with Crippen molar-refractivity contribution in [2.45, 2.75) is 24.3 Å². The normalized spacial score (nSPS) is 15.5. The smallest absolute Gasteiger partial charge is 0.223 e. The van der Waals surface area contributed by atoms with Gasteiger partial charge in [0.25, 0.3) is 0 Å². The second kappa shape index (κ2) is 12.1. The molecule has 11 heteroatoms. The Labute approximate surface area is 213 Å². The summed E-state index contributed by atoms with van der Waals surface area (Å²) in [4.78, 5) is 12.5. The van der Waals surface area contributed by atoms with E-state index in [1.54, 1.807) is 17.8 Å². The number of hydrogen-bond acceptors (Lipinski definition) is 4. The average molecular weight is 554 g/mol. The number of sulfonamides is 1. The molecule has 0 radical (unpaired) electrons. The van der Waals surface area contributed by atoms with Gasteiger partial charge in [0, 0.05) is 47.6 Å². The van der Waals surface area contributed by atoms with Crippen LogP contribution in [-0.2, 0) is 26.3 Å². The van der Waals surface area contributed by atoms with Gasteiger partial charge in [-0.3, -0.25) is 4.79 Å². The molecule has 0 aromatic heterocycles. The molecule has 0 atom stereocenters. The molecule has 2 aromatic carbocycles. The number of hydrogen-bond donors (Lipinski definition) is 1. The van der Waals surface area contributed by atoms with Crippen molar-refractivity contribution in [3.63, 3.8) is 0 Å². The Balaban J connectivity index is 1.40. The Bertz CT molecular complexity index is 1070. The molecule has 0 bridgehead atoms. The van der Waals surface area contributed by atoms with Crippen molar-refractivity contribution in [3.8, 4) is 0 Å². The highest BCUT2D eigenvalue weighted by Gasteiger charge is 2.32. The first kappa shape index (κ1) is 26.6. The molecule has 0 spiro atoms. The number of carbonyl (C=O) groups is 1. The summed E-state index contributed by atoms with van der Waals surface area (Å²) in [7, 11) is -3.73. The van der Waals surface area contributed by atoms with Crippen molar-refractivity contribution < 1.29 is 17.6 Å². The van der Waals surface area contributed by atoms with Crippen molar-refractivity contribution in [3.05, 3.63) is 68.4 Å². The molecule has 2 aromatic rings. The quantitative estimate of drug-likeness (QED) is 0.424. The van der Waals surface area contributed by atoms with Crippen LogP contribution in [-0.4, -0.2) is 44.0 Å². The van der Waals surface area contributed by atoms with Gasteiger partial charge in [-0.1, -0.05) is 46.9 Å². The van der Waals surface area contributed by atoms with Gasteiger partial charge in [0.1, 0.15) is 5.82 Å². The molecule has 1 saturated heterocycles. The Morgan fingerprint density at radius 3 is 2.48 bits per heavy atom. The zero-order valence-corrected chi connectivity index (χ0v) is 21.6. The maximum Gasteiger partial charge on any atom is 0.223 e. The third-order valence-corrected chi connectivity index (χ3v) is 9.33. The lowest BCUT2D eigenvalue weighted by Crippen LogP contribution is -2.43. The van der Waals surface area contributed by atoms with Gasteiger partial charge in [-0.2, -0.15) is 11.8 Å². The molecule has 1 aliphatic heterocycles. The average Bonchev–Trinajstić information content (AvgIpc) is 2.78.